The normalized spacial score (nSPS) is 24.3. The van der Waals surface area contributed by atoms with Crippen molar-refractivity contribution in [2.24, 2.45) is 0 Å². The predicted molar refractivity (Wildman–Crippen MR) is 74.7 cm³/mol. The minimum atomic E-state index is 0.237. The average molecular weight is 241 g/mol. The summed E-state index contributed by atoms with van der Waals surface area (Å²) in [5.74, 6) is 0. The number of ether oxygens (including phenoxy) is 1. The Hall–Kier alpha value is -1.38. The third-order valence-electron chi connectivity index (χ3n) is 3.84. The molecule has 3 rings (SSSR count). The van der Waals surface area contributed by atoms with Gasteiger partial charge in [0.25, 0.3) is 0 Å². The number of benzene rings is 2. The van der Waals surface area contributed by atoms with Gasteiger partial charge in [0.1, 0.15) is 0 Å². The van der Waals surface area contributed by atoms with Gasteiger partial charge in [0, 0.05) is 12.6 Å². The van der Waals surface area contributed by atoms with E-state index in [4.69, 9.17) is 4.74 Å². The van der Waals surface area contributed by atoms with Crippen LogP contribution in [0.15, 0.2) is 42.5 Å². The molecular formula is C16H19NO. The van der Waals surface area contributed by atoms with Crippen molar-refractivity contribution >= 4 is 10.8 Å². The Kier molecular flexibility index (Phi) is 3.31. The van der Waals surface area contributed by atoms with Gasteiger partial charge in [-0.25, -0.2) is 0 Å². The van der Waals surface area contributed by atoms with Crippen LogP contribution in [0.4, 0.5) is 0 Å². The van der Waals surface area contributed by atoms with Gasteiger partial charge in [0.15, 0.2) is 0 Å². The van der Waals surface area contributed by atoms with Crippen molar-refractivity contribution in [3.05, 3.63) is 48.0 Å². The Morgan fingerprint density at radius 1 is 1.11 bits per heavy atom. The summed E-state index contributed by atoms with van der Waals surface area (Å²) in [7, 11) is 2.04. The molecule has 2 aromatic carbocycles. The van der Waals surface area contributed by atoms with Crippen LogP contribution in [0.25, 0.3) is 10.8 Å². The van der Waals surface area contributed by atoms with Gasteiger partial charge in [-0.3, -0.25) is 0 Å². The number of hydrogen-bond donors (Lipinski definition) is 1. The van der Waals surface area contributed by atoms with E-state index in [0.717, 1.165) is 19.4 Å². The molecule has 1 fully saturated rings. The molecule has 1 N–H and O–H groups in total. The summed E-state index contributed by atoms with van der Waals surface area (Å²) in [4.78, 5) is 0. The van der Waals surface area contributed by atoms with E-state index in [2.05, 4.69) is 47.8 Å². The molecule has 0 saturated carbocycles. The fourth-order valence-electron chi connectivity index (χ4n) is 2.70. The molecule has 0 aromatic heterocycles. The van der Waals surface area contributed by atoms with E-state index in [1.54, 1.807) is 0 Å². The standard InChI is InChI=1S/C16H19NO/c1-17-15-8-9-18-16(11-15)14-7-6-12-4-2-3-5-13(12)10-14/h2-7,10,15-17H,8-9,11H2,1H3. The van der Waals surface area contributed by atoms with Crippen LogP contribution in [-0.2, 0) is 4.74 Å². The SMILES string of the molecule is CNC1CCOC(c2ccc3ccccc3c2)C1. The summed E-state index contributed by atoms with van der Waals surface area (Å²) in [6, 6.07) is 15.7. The minimum absolute atomic E-state index is 0.237. The molecule has 0 bridgehead atoms. The predicted octanol–water partition coefficient (Wildman–Crippen LogP) is 3.28. The fraction of sp³-hybridized carbons (Fsp3) is 0.375. The highest BCUT2D eigenvalue weighted by atomic mass is 16.5. The largest absolute Gasteiger partial charge is 0.373 e. The molecule has 0 aliphatic carbocycles. The molecule has 1 aliphatic heterocycles. The molecule has 0 spiro atoms. The van der Waals surface area contributed by atoms with E-state index in [1.807, 2.05) is 7.05 Å². The Morgan fingerprint density at radius 2 is 1.94 bits per heavy atom. The third-order valence-corrected chi connectivity index (χ3v) is 3.84. The van der Waals surface area contributed by atoms with Gasteiger partial charge in [0.2, 0.25) is 0 Å². The second-order valence-electron chi connectivity index (χ2n) is 4.98. The summed E-state index contributed by atoms with van der Waals surface area (Å²) < 4.78 is 5.90. The van der Waals surface area contributed by atoms with Gasteiger partial charge >= 0.3 is 0 Å². The smallest absolute Gasteiger partial charge is 0.0840 e. The van der Waals surface area contributed by atoms with E-state index in [1.165, 1.54) is 16.3 Å². The average Bonchev–Trinajstić information content (AvgIpc) is 2.47. The quantitative estimate of drug-likeness (QED) is 0.871. The molecule has 18 heavy (non-hydrogen) atoms. The first-order chi connectivity index (χ1) is 8.86. The van der Waals surface area contributed by atoms with Crippen molar-refractivity contribution < 1.29 is 4.74 Å². The first kappa shape index (κ1) is 11.7. The topological polar surface area (TPSA) is 21.3 Å². The van der Waals surface area contributed by atoms with Crippen LogP contribution in [0.2, 0.25) is 0 Å². The maximum atomic E-state index is 5.90. The van der Waals surface area contributed by atoms with Crippen molar-refractivity contribution in [1.82, 2.24) is 5.32 Å². The van der Waals surface area contributed by atoms with Crippen LogP contribution >= 0.6 is 0 Å². The molecule has 0 amide bonds. The summed E-state index contributed by atoms with van der Waals surface area (Å²) >= 11 is 0. The van der Waals surface area contributed by atoms with E-state index in [0.29, 0.717) is 6.04 Å². The lowest BCUT2D eigenvalue weighted by Crippen LogP contribution is -2.33. The van der Waals surface area contributed by atoms with E-state index in [9.17, 15) is 0 Å². The van der Waals surface area contributed by atoms with Crippen molar-refractivity contribution in [3.8, 4) is 0 Å². The van der Waals surface area contributed by atoms with Gasteiger partial charge in [-0.2, -0.15) is 0 Å². The van der Waals surface area contributed by atoms with Crippen molar-refractivity contribution in [3.63, 3.8) is 0 Å². The molecule has 1 heterocycles. The first-order valence-corrected chi connectivity index (χ1v) is 6.64. The molecule has 2 atom stereocenters. The van der Waals surface area contributed by atoms with Crippen LogP contribution in [0.5, 0.6) is 0 Å². The van der Waals surface area contributed by atoms with Gasteiger partial charge in [-0.15, -0.1) is 0 Å². The maximum Gasteiger partial charge on any atom is 0.0840 e. The van der Waals surface area contributed by atoms with Gasteiger partial charge in [-0.05, 0) is 42.3 Å². The molecule has 2 nitrogen and oxygen atoms in total. The number of rotatable bonds is 2. The summed E-state index contributed by atoms with van der Waals surface area (Å²) in [6.07, 6.45) is 2.41. The van der Waals surface area contributed by atoms with E-state index >= 15 is 0 Å². The lowest BCUT2D eigenvalue weighted by atomic mass is 9.96. The zero-order valence-corrected chi connectivity index (χ0v) is 10.7. The lowest BCUT2D eigenvalue weighted by Gasteiger charge is -2.29. The van der Waals surface area contributed by atoms with Crippen molar-refractivity contribution in [2.45, 2.75) is 25.0 Å². The first-order valence-electron chi connectivity index (χ1n) is 6.64. The molecular weight excluding hydrogens is 222 g/mol. The van der Waals surface area contributed by atoms with Crippen LogP contribution in [0.3, 0.4) is 0 Å². The zero-order valence-electron chi connectivity index (χ0n) is 10.7. The zero-order chi connectivity index (χ0) is 12.4. The Labute approximate surface area is 108 Å². The summed E-state index contributed by atoms with van der Waals surface area (Å²) in [5.41, 5.74) is 1.30. The highest BCUT2D eigenvalue weighted by molar-refractivity contribution is 5.83. The Morgan fingerprint density at radius 3 is 2.78 bits per heavy atom. The summed E-state index contributed by atoms with van der Waals surface area (Å²) in [5, 5.41) is 5.95. The maximum absolute atomic E-state index is 5.90. The highest BCUT2D eigenvalue weighted by Gasteiger charge is 2.22. The van der Waals surface area contributed by atoms with Crippen LogP contribution < -0.4 is 5.32 Å². The number of fused-ring (bicyclic) bond motifs is 1. The second kappa shape index (κ2) is 5.09. The molecule has 2 heteroatoms. The fourth-order valence-corrected chi connectivity index (χ4v) is 2.70. The van der Waals surface area contributed by atoms with Crippen LogP contribution in [0.1, 0.15) is 24.5 Å². The van der Waals surface area contributed by atoms with E-state index in [-0.39, 0.29) is 6.10 Å². The molecule has 0 radical (unpaired) electrons. The Bertz CT molecular complexity index is 537. The number of nitrogens with one attached hydrogen (secondary N) is 1. The summed E-state index contributed by atoms with van der Waals surface area (Å²) in [6.45, 7) is 0.850. The Balaban J connectivity index is 1.89. The molecule has 1 aliphatic rings. The number of hydrogen-bond acceptors (Lipinski definition) is 2. The van der Waals surface area contributed by atoms with Gasteiger partial charge < -0.3 is 10.1 Å². The lowest BCUT2D eigenvalue weighted by molar-refractivity contribution is 0.00162. The second-order valence-corrected chi connectivity index (χ2v) is 4.98. The third kappa shape index (κ3) is 2.26. The van der Waals surface area contributed by atoms with Crippen molar-refractivity contribution in [2.75, 3.05) is 13.7 Å². The van der Waals surface area contributed by atoms with Gasteiger partial charge in [0.05, 0.1) is 6.10 Å². The van der Waals surface area contributed by atoms with E-state index < -0.39 is 0 Å². The molecule has 94 valence electrons. The monoisotopic (exact) mass is 241 g/mol. The van der Waals surface area contributed by atoms with Crippen LogP contribution in [0, 0.1) is 0 Å². The molecule has 2 unspecified atom stereocenters. The highest BCUT2D eigenvalue weighted by Crippen LogP contribution is 2.30. The molecule has 2 aromatic rings. The van der Waals surface area contributed by atoms with Crippen molar-refractivity contribution in [1.29, 1.82) is 0 Å². The van der Waals surface area contributed by atoms with Crippen LogP contribution in [-0.4, -0.2) is 19.7 Å². The van der Waals surface area contributed by atoms with Gasteiger partial charge in [-0.1, -0.05) is 36.4 Å². The minimum Gasteiger partial charge on any atom is -0.373 e. The molecule has 1 saturated heterocycles.